The monoisotopic (exact) mass is 309 g/mol. The lowest BCUT2D eigenvalue weighted by Crippen LogP contribution is -2.45. The van der Waals surface area contributed by atoms with E-state index < -0.39 is 11.7 Å². The van der Waals surface area contributed by atoms with Crippen molar-refractivity contribution in [2.45, 2.75) is 56.8 Å². The van der Waals surface area contributed by atoms with Crippen LogP contribution in [0.3, 0.4) is 0 Å². The third-order valence-corrected chi connectivity index (χ3v) is 5.05. The molecule has 1 aromatic rings. The Kier molecular flexibility index (Phi) is 4.31. The summed E-state index contributed by atoms with van der Waals surface area (Å²) in [6.45, 7) is 0. The second-order valence-corrected chi connectivity index (χ2v) is 6.54. The van der Waals surface area contributed by atoms with Crippen LogP contribution in [-0.4, -0.2) is 24.0 Å². The third-order valence-electron chi connectivity index (χ3n) is 5.05. The van der Waals surface area contributed by atoms with Crippen LogP contribution in [0.1, 0.15) is 43.2 Å². The molecule has 120 valence electrons. The number of hydrogen-bond acceptors (Lipinski definition) is 1. The number of aryl methyl sites for hydroxylation is 1. The molecule has 1 fully saturated rings. The van der Waals surface area contributed by atoms with E-state index in [4.69, 9.17) is 0 Å². The fourth-order valence-electron chi connectivity index (χ4n) is 3.72. The molecule has 2 aliphatic heterocycles. The summed E-state index contributed by atoms with van der Waals surface area (Å²) in [7, 11) is 2.19. The summed E-state index contributed by atoms with van der Waals surface area (Å²) in [4.78, 5) is 2.46. The van der Waals surface area contributed by atoms with Crippen LogP contribution in [0.5, 0.6) is 0 Å². The van der Waals surface area contributed by atoms with Crippen molar-refractivity contribution >= 4 is 0 Å². The van der Waals surface area contributed by atoms with Gasteiger partial charge in [-0.25, -0.2) is 0 Å². The topological polar surface area (TPSA) is 3.24 Å². The Morgan fingerprint density at radius 3 is 2.73 bits per heavy atom. The Balaban J connectivity index is 1.66. The molecular weight excluding hydrogens is 287 g/mol. The van der Waals surface area contributed by atoms with Gasteiger partial charge < -0.3 is 0 Å². The Bertz CT molecular complexity index is 562. The highest BCUT2D eigenvalue weighted by molar-refractivity contribution is 5.27. The number of piperidine rings is 1. The van der Waals surface area contributed by atoms with Gasteiger partial charge in [0, 0.05) is 12.1 Å². The number of nitrogens with zero attached hydrogens (tertiary/aromatic N) is 1. The third kappa shape index (κ3) is 3.37. The van der Waals surface area contributed by atoms with Crippen LogP contribution in [-0.2, 0) is 12.6 Å². The first kappa shape index (κ1) is 15.6. The van der Waals surface area contributed by atoms with Crippen LogP contribution in [0.15, 0.2) is 35.9 Å². The Morgan fingerprint density at radius 1 is 1.18 bits per heavy atom. The van der Waals surface area contributed by atoms with Crippen molar-refractivity contribution in [3.8, 4) is 0 Å². The van der Waals surface area contributed by atoms with Crippen molar-refractivity contribution < 1.29 is 13.2 Å². The Hall–Kier alpha value is -1.29. The van der Waals surface area contributed by atoms with Crippen LogP contribution in [0.2, 0.25) is 0 Å². The lowest BCUT2D eigenvalue weighted by atomic mass is 9.84. The summed E-state index contributed by atoms with van der Waals surface area (Å²) in [6.07, 6.45) is 4.49. The summed E-state index contributed by atoms with van der Waals surface area (Å²) in [5.41, 5.74) is 1.66. The lowest BCUT2D eigenvalue weighted by Gasteiger charge is -2.42. The maximum absolute atomic E-state index is 12.7. The lowest BCUT2D eigenvalue weighted by molar-refractivity contribution is -0.137. The van der Waals surface area contributed by atoms with Gasteiger partial charge in [0.15, 0.2) is 0 Å². The maximum Gasteiger partial charge on any atom is 0.416 e. The Labute approximate surface area is 129 Å². The number of halogens is 3. The molecule has 0 radical (unpaired) electrons. The minimum atomic E-state index is -4.25. The molecule has 0 amide bonds. The number of fused-ring (bicyclic) bond motifs is 2. The average molecular weight is 309 g/mol. The molecule has 2 unspecified atom stereocenters. The SMILES string of the molecule is CN1C2C=C(CCc3cccc(C(F)(F)F)c3)CC1CCC2. The highest BCUT2D eigenvalue weighted by atomic mass is 19.4. The first-order valence-electron chi connectivity index (χ1n) is 8.01. The summed E-state index contributed by atoms with van der Waals surface area (Å²) in [5.74, 6) is 0. The van der Waals surface area contributed by atoms with E-state index >= 15 is 0 Å². The number of benzene rings is 1. The quantitative estimate of drug-likeness (QED) is 0.724. The fourth-order valence-corrected chi connectivity index (χ4v) is 3.72. The molecule has 1 aromatic carbocycles. The van der Waals surface area contributed by atoms with E-state index in [1.54, 1.807) is 6.07 Å². The van der Waals surface area contributed by atoms with Crippen LogP contribution in [0, 0.1) is 0 Å². The van der Waals surface area contributed by atoms with Gasteiger partial charge in [0.25, 0.3) is 0 Å². The van der Waals surface area contributed by atoms with E-state index in [0.717, 1.165) is 24.5 Å². The normalized spacial score (nSPS) is 25.9. The van der Waals surface area contributed by atoms with Crippen LogP contribution < -0.4 is 0 Å². The van der Waals surface area contributed by atoms with Crippen molar-refractivity contribution in [1.82, 2.24) is 4.90 Å². The van der Waals surface area contributed by atoms with Crippen LogP contribution in [0.25, 0.3) is 0 Å². The summed E-state index contributed by atoms with van der Waals surface area (Å²) in [6, 6.07) is 6.89. The van der Waals surface area contributed by atoms with Crippen LogP contribution >= 0.6 is 0 Å². The summed E-state index contributed by atoms with van der Waals surface area (Å²) < 4.78 is 38.2. The molecule has 2 aliphatic rings. The minimum absolute atomic E-state index is 0.531. The molecule has 0 aliphatic carbocycles. The standard InChI is InChI=1S/C18H22F3N/c1-22-16-6-3-7-17(22)12-14(11-16)9-8-13-4-2-5-15(10-13)18(19,20)21/h2,4-5,10-11,16-17H,3,6-9,12H2,1H3. The zero-order valence-electron chi connectivity index (χ0n) is 12.9. The molecule has 3 rings (SSSR count). The van der Waals surface area contributed by atoms with Gasteiger partial charge in [-0.2, -0.15) is 13.2 Å². The van der Waals surface area contributed by atoms with Gasteiger partial charge >= 0.3 is 6.18 Å². The molecule has 0 saturated carbocycles. The zero-order chi connectivity index (χ0) is 15.7. The average Bonchev–Trinajstić information content (AvgIpc) is 2.45. The van der Waals surface area contributed by atoms with E-state index in [-0.39, 0.29) is 0 Å². The largest absolute Gasteiger partial charge is 0.416 e. The second kappa shape index (κ2) is 6.07. The molecule has 0 spiro atoms. The summed E-state index contributed by atoms with van der Waals surface area (Å²) in [5, 5.41) is 0. The zero-order valence-corrected chi connectivity index (χ0v) is 12.9. The van der Waals surface area contributed by atoms with Gasteiger partial charge in [-0.3, -0.25) is 4.90 Å². The highest BCUT2D eigenvalue weighted by Crippen LogP contribution is 2.34. The molecule has 0 aromatic heterocycles. The fraction of sp³-hybridized carbons (Fsp3) is 0.556. The molecular formula is C18H22F3N. The van der Waals surface area contributed by atoms with E-state index in [1.807, 2.05) is 0 Å². The molecule has 1 saturated heterocycles. The van der Waals surface area contributed by atoms with Gasteiger partial charge in [0.05, 0.1) is 5.56 Å². The number of rotatable bonds is 3. The predicted molar refractivity (Wildman–Crippen MR) is 81.7 cm³/mol. The van der Waals surface area contributed by atoms with Gasteiger partial charge in [-0.15, -0.1) is 0 Å². The summed E-state index contributed by atoms with van der Waals surface area (Å²) >= 11 is 0. The van der Waals surface area contributed by atoms with Gasteiger partial charge in [0.2, 0.25) is 0 Å². The molecule has 0 N–H and O–H groups in total. The van der Waals surface area contributed by atoms with Crippen molar-refractivity contribution in [3.63, 3.8) is 0 Å². The van der Waals surface area contributed by atoms with E-state index in [2.05, 4.69) is 18.0 Å². The maximum atomic E-state index is 12.7. The van der Waals surface area contributed by atoms with Gasteiger partial charge in [-0.05, 0) is 50.8 Å². The van der Waals surface area contributed by atoms with Crippen molar-refractivity contribution in [3.05, 3.63) is 47.0 Å². The number of hydrogen-bond donors (Lipinski definition) is 0. The second-order valence-electron chi connectivity index (χ2n) is 6.54. The highest BCUT2D eigenvalue weighted by Gasteiger charge is 2.31. The van der Waals surface area contributed by atoms with Crippen molar-refractivity contribution in [2.75, 3.05) is 7.05 Å². The molecule has 2 heterocycles. The van der Waals surface area contributed by atoms with Crippen molar-refractivity contribution in [1.29, 1.82) is 0 Å². The van der Waals surface area contributed by atoms with E-state index in [0.29, 0.717) is 18.5 Å². The van der Waals surface area contributed by atoms with E-state index in [1.165, 1.54) is 37.0 Å². The van der Waals surface area contributed by atoms with Gasteiger partial charge in [-0.1, -0.05) is 36.3 Å². The first-order valence-corrected chi connectivity index (χ1v) is 8.01. The van der Waals surface area contributed by atoms with Crippen LogP contribution in [0.4, 0.5) is 13.2 Å². The molecule has 4 heteroatoms. The smallest absolute Gasteiger partial charge is 0.297 e. The Morgan fingerprint density at radius 2 is 2.00 bits per heavy atom. The predicted octanol–water partition coefficient (Wildman–Crippen LogP) is 4.82. The number of likely N-dealkylation sites (N-methyl/N-ethyl adjacent to an activating group) is 1. The molecule has 22 heavy (non-hydrogen) atoms. The van der Waals surface area contributed by atoms with Crippen molar-refractivity contribution in [2.24, 2.45) is 0 Å². The first-order chi connectivity index (χ1) is 10.4. The molecule has 2 atom stereocenters. The van der Waals surface area contributed by atoms with Gasteiger partial charge in [0.1, 0.15) is 0 Å². The number of alkyl halides is 3. The molecule has 2 bridgehead atoms. The minimum Gasteiger partial charge on any atom is -0.297 e. The van der Waals surface area contributed by atoms with E-state index in [9.17, 15) is 13.2 Å². The molecule has 1 nitrogen and oxygen atoms in total.